The summed E-state index contributed by atoms with van der Waals surface area (Å²) in [4.78, 5) is 9.21. The second-order valence-corrected chi connectivity index (χ2v) is 3.81. The maximum atomic E-state index is 9.07. The van der Waals surface area contributed by atoms with E-state index in [1.54, 1.807) is 0 Å². The molecule has 18 heavy (non-hydrogen) atoms. The third-order valence-electron chi connectivity index (χ3n) is 2.30. The Morgan fingerprint density at radius 3 is 2.67 bits per heavy atom. The number of aromatic nitrogens is 2. The average molecular weight is 255 g/mol. The zero-order valence-electron chi connectivity index (χ0n) is 9.32. The van der Waals surface area contributed by atoms with E-state index in [-0.39, 0.29) is 5.11 Å². The Hall–Kier alpha value is -2.52. The molecule has 0 aliphatic rings. The van der Waals surface area contributed by atoms with E-state index in [1.165, 1.54) is 12.5 Å². The molecule has 2 rings (SSSR count). The highest BCUT2D eigenvalue weighted by Gasteiger charge is 2.15. The minimum Gasteiger partial charge on any atom is -0.375 e. The fourth-order valence-corrected chi connectivity index (χ4v) is 1.67. The molecule has 0 aliphatic carbocycles. The van der Waals surface area contributed by atoms with Crippen molar-refractivity contribution in [3.05, 3.63) is 42.9 Å². The molecule has 1 aromatic carbocycles. The Morgan fingerprint density at radius 2 is 2.06 bits per heavy atom. The number of nitrogens with zero attached hydrogens (tertiary/aromatic N) is 4. The summed E-state index contributed by atoms with van der Waals surface area (Å²) in [6.07, 6.45) is 4.84. The topological polar surface area (TPSA) is 78.8 Å². The number of hydrogen-bond donors (Lipinski definition) is 1. The number of nitrogens with two attached hydrogens (primary N) is 1. The lowest BCUT2D eigenvalue weighted by Gasteiger charge is -2.15. The number of benzene rings is 1. The van der Waals surface area contributed by atoms with Crippen LogP contribution in [0.25, 0.3) is 11.3 Å². The van der Waals surface area contributed by atoms with Gasteiger partial charge in [0.25, 0.3) is 0 Å². The van der Waals surface area contributed by atoms with E-state index in [9.17, 15) is 0 Å². The molecule has 0 atom stereocenters. The highest BCUT2D eigenvalue weighted by Crippen LogP contribution is 2.27. The molecule has 0 saturated carbocycles. The van der Waals surface area contributed by atoms with Gasteiger partial charge < -0.3 is 5.73 Å². The third-order valence-corrected chi connectivity index (χ3v) is 2.48. The fraction of sp³-hybridized carbons (Fsp3) is 0. The highest BCUT2D eigenvalue weighted by molar-refractivity contribution is 7.80. The highest BCUT2D eigenvalue weighted by atomic mass is 32.1. The van der Waals surface area contributed by atoms with Crippen LogP contribution < -0.4 is 10.6 Å². The van der Waals surface area contributed by atoms with Crippen LogP contribution in [-0.2, 0) is 0 Å². The first-order chi connectivity index (χ1) is 8.74. The van der Waals surface area contributed by atoms with Gasteiger partial charge in [-0.1, -0.05) is 30.3 Å². The van der Waals surface area contributed by atoms with Crippen LogP contribution in [0.3, 0.4) is 0 Å². The standard InChI is InChI=1S/C12H9N5S/c13-7-17(12(14)18)10-6-15-8-16-11(10)9-4-2-1-3-5-9/h1-6,8H,(H2,14,18). The van der Waals surface area contributed by atoms with Crippen LogP contribution in [0.15, 0.2) is 42.9 Å². The molecule has 0 spiro atoms. The minimum absolute atomic E-state index is 0.0375. The van der Waals surface area contributed by atoms with Crippen molar-refractivity contribution >= 4 is 23.0 Å². The van der Waals surface area contributed by atoms with E-state index in [0.29, 0.717) is 11.4 Å². The van der Waals surface area contributed by atoms with Crippen LogP contribution >= 0.6 is 12.2 Å². The van der Waals surface area contributed by atoms with E-state index in [2.05, 4.69) is 9.97 Å². The first-order valence-corrected chi connectivity index (χ1v) is 5.49. The van der Waals surface area contributed by atoms with Crippen molar-refractivity contribution in [3.63, 3.8) is 0 Å². The Balaban J connectivity index is 2.57. The molecule has 1 aromatic heterocycles. The van der Waals surface area contributed by atoms with E-state index in [1.807, 2.05) is 36.5 Å². The molecule has 0 fully saturated rings. The van der Waals surface area contributed by atoms with Crippen molar-refractivity contribution in [2.75, 3.05) is 4.90 Å². The summed E-state index contributed by atoms with van der Waals surface area (Å²) in [6, 6.07) is 9.46. The number of rotatable bonds is 2. The monoisotopic (exact) mass is 255 g/mol. The summed E-state index contributed by atoms with van der Waals surface area (Å²) in [6.45, 7) is 0. The van der Waals surface area contributed by atoms with Gasteiger partial charge in [0.05, 0.1) is 11.9 Å². The fourth-order valence-electron chi connectivity index (χ4n) is 1.53. The summed E-state index contributed by atoms with van der Waals surface area (Å²) in [7, 11) is 0. The smallest absolute Gasteiger partial charge is 0.191 e. The Labute approximate surface area is 110 Å². The maximum absolute atomic E-state index is 9.07. The molecule has 0 unspecified atom stereocenters. The summed E-state index contributed by atoms with van der Waals surface area (Å²) >= 11 is 4.83. The SMILES string of the molecule is N#CN(C(N)=S)c1cncnc1-c1ccccc1. The zero-order chi connectivity index (χ0) is 13.0. The predicted molar refractivity (Wildman–Crippen MR) is 72.3 cm³/mol. The predicted octanol–water partition coefficient (Wildman–Crippen LogP) is 1.67. The summed E-state index contributed by atoms with van der Waals surface area (Å²) in [5.41, 5.74) is 7.45. The first-order valence-electron chi connectivity index (χ1n) is 5.08. The Morgan fingerprint density at radius 1 is 1.33 bits per heavy atom. The van der Waals surface area contributed by atoms with Crippen molar-refractivity contribution in [1.82, 2.24) is 9.97 Å². The minimum atomic E-state index is -0.0375. The van der Waals surface area contributed by atoms with E-state index < -0.39 is 0 Å². The molecule has 88 valence electrons. The zero-order valence-corrected chi connectivity index (χ0v) is 10.1. The van der Waals surface area contributed by atoms with Crippen molar-refractivity contribution in [2.45, 2.75) is 0 Å². The molecule has 0 saturated heterocycles. The van der Waals surface area contributed by atoms with Gasteiger partial charge in [0.15, 0.2) is 11.3 Å². The molecule has 5 nitrogen and oxygen atoms in total. The maximum Gasteiger partial charge on any atom is 0.191 e. The molecule has 0 aliphatic heterocycles. The van der Waals surface area contributed by atoms with Crippen LogP contribution in [0.4, 0.5) is 5.69 Å². The van der Waals surface area contributed by atoms with Gasteiger partial charge in [-0.3, -0.25) is 0 Å². The Kier molecular flexibility index (Phi) is 3.46. The van der Waals surface area contributed by atoms with E-state index >= 15 is 0 Å². The van der Waals surface area contributed by atoms with Gasteiger partial charge in [-0.25, -0.2) is 14.9 Å². The van der Waals surface area contributed by atoms with Crippen molar-refractivity contribution in [1.29, 1.82) is 5.26 Å². The average Bonchev–Trinajstić information content (AvgIpc) is 2.41. The van der Waals surface area contributed by atoms with Crippen molar-refractivity contribution in [2.24, 2.45) is 5.73 Å². The molecular weight excluding hydrogens is 246 g/mol. The number of anilines is 1. The molecule has 2 N–H and O–H groups in total. The normalized spacial score (nSPS) is 9.50. The van der Waals surface area contributed by atoms with Crippen LogP contribution in [-0.4, -0.2) is 15.1 Å². The van der Waals surface area contributed by atoms with Gasteiger partial charge in [0, 0.05) is 5.56 Å². The number of thiocarbonyl (C=S) groups is 1. The lowest BCUT2D eigenvalue weighted by atomic mass is 10.1. The molecule has 0 radical (unpaired) electrons. The summed E-state index contributed by atoms with van der Waals surface area (Å²) in [5.74, 6) is 0. The van der Waals surface area contributed by atoms with Crippen molar-refractivity contribution < 1.29 is 0 Å². The third kappa shape index (κ3) is 2.26. The molecular formula is C12H9N5S. The van der Waals surface area contributed by atoms with Gasteiger partial charge in [0.1, 0.15) is 12.0 Å². The lowest BCUT2D eigenvalue weighted by molar-refractivity contribution is 1.15. The van der Waals surface area contributed by atoms with Crippen LogP contribution in [0.2, 0.25) is 0 Å². The summed E-state index contributed by atoms with van der Waals surface area (Å²) < 4.78 is 0. The molecule has 0 amide bonds. The number of hydrogen-bond acceptors (Lipinski definition) is 4. The molecule has 6 heteroatoms. The second-order valence-electron chi connectivity index (χ2n) is 3.40. The number of nitriles is 1. The van der Waals surface area contributed by atoms with Gasteiger partial charge in [-0.05, 0) is 12.2 Å². The van der Waals surface area contributed by atoms with Crippen molar-refractivity contribution in [3.8, 4) is 17.5 Å². The van der Waals surface area contributed by atoms with Crippen LogP contribution in [0, 0.1) is 11.5 Å². The molecule has 0 bridgehead atoms. The van der Waals surface area contributed by atoms with E-state index in [0.717, 1.165) is 10.5 Å². The first kappa shape index (κ1) is 12.0. The second kappa shape index (κ2) is 5.21. The van der Waals surface area contributed by atoms with Gasteiger partial charge >= 0.3 is 0 Å². The molecule has 2 aromatic rings. The van der Waals surface area contributed by atoms with Gasteiger partial charge in [-0.2, -0.15) is 5.26 Å². The Bertz CT molecular complexity index is 605. The van der Waals surface area contributed by atoms with Gasteiger partial charge in [0.2, 0.25) is 0 Å². The van der Waals surface area contributed by atoms with Crippen LogP contribution in [0.5, 0.6) is 0 Å². The largest absolute Gasteiger partial charge is 0.375 e. The van der Waals surface area contributed by atoms with E-state index in [4.69, 9.17) is 23.2 Å². The molecule has 1 heterocycles. The quantitative estimate of drug-likeness (QED) is 0.499. The van der Waals surface area contributed by atoms with Gasteiger partial charge in [-0.15, -0.1) is 0 Å². The lowest BCUT2D eigenvalue weighted by Crippen LogP contribution is -2.31. The summed E-state index contributed by atoms with van der Waals surface area (Å²) in [5, 5.41) is 9.04. The van der Waals surface area contributed by atoms with Crippen LogP contribution in [0.1, 0.15) is 0 Å².